The van der Waals surface area contributed by atoms with Crippen LogP contribution in [0.15, 0.2) is 24.3 Å². The van der Waals surface area contributed by atoms with Gasteiger partial charge >= 0.3 is 6.03 Å². The van der Waals surface area contributed by atoms with Crippen molar-refractivity contribution in [3.05, 3.63) is 29.8 Å². The van der Waals surface area contributed by atoms with E-state index in [2.05, 4.69) is 10.2 Å². The van der Waals surface area contributed by atoms with Crippen LogP contribution < -0.4 is 10.1 Å². The van der Waals surface area contributed by atoms with Gasteiger partial charge in [-0.1, -0.05) is 12.1 Å². The fourth-order valence-electron chi connectivity index (χ4n) is 6.53. The minimum Gasteiger partial charge on any atom is -0.497 e. The molecule has 0 spiro atoms. The summed E-state index contributed by atoms with van der Waals surface area (Å²) >= 11 is 0. The van der Waals surface area contributed by atoms with Crippen molar-refractivity contribution in [3.8, 4) is 5.75 Å². The summed E-state index contributed by atoms with van der Waals surface area (Å²) < 4.78 is 5.18. The number of methoxy groups -OCH3 is 1. The number of hydrogen-bond donors (Lipinski definition) is 1. The lowest BCUT2D eigenvalue weighted by atomic mass is 9.76. The topological polar surface area (TPSA) is 82.2 Å². The highest BCUT2D eigenvalue weighted by Gasteiger charge is 2.45. The summed E-state index contributed by atoms with van der Waals surface area (Å²) in [5.41, 5.74) is 1.12. The molecular formula is C27H38N4O4. The lowest BCUT2D eigenvalue weighted by molar-refractivity contribution is -0.144. The number of aryl methyl sites for hydroxylation is 1. The average molecular weight is 483 g/mol. The number of fused-ring (bicyclic) bond motifs is 4. The molecule has 0 saturated carbocycles. The monoisotopic (exact) mass is 482 g/mol. The van der Waals surface area contributed by atoms with Gasteiger partial charge in [-0.15, -0.1) is 0 Å². The number of urea groups is 1. The molecule has 4 fully saturated rings. The molecule has 8 heteroatoms. The Morgan fingerprint density at radius 3 is 2.54 bits per heavy atom. The normalized spacial score (nSPS) is 26.8. The van der Waals surface area contributed by atoms with Crippen LogP contribution in [0.2, 0.25) is 0 Å². The Balaban J connectivity index is 1.06. The van der Waals surface area contributed by atoms with Crippen LogP contribution in [0.5, 0.6) is 5.75 Å². The molecule has 4 aliphatic heterocycles. The first kappa shape index (κ1) is 23.9. The van der Waals surface area contributed by atoms with Gasteiger partial charge in [-0.25, -0.2) is 4.79 Å². The maximum absolute atomic E-state index is 13.3. The SMILES string of the molecule is COc1ccc(CCC(=O)NC2CCN(C(=O)N3C[C@H]4C[C@H](C3)[C@H]3CCCC(=O)N3C4)CC2)cc1. The lowest BCUT2D eigenvalue weighted by Gasteiger charge is -2.53. The first-order chi connectivity index (χ1) is 17.0. The zero-order valence-corrected chi connectivity index (χ0v) is 20.8. The highest BCUT2D eigenvalue weighted by atomic mass is 16.5. The summed E-state index contributed by atoms with van der Waals surface area (Å²) in [5.74, 6) is 2.01. The van der Waals surface area contributed by atoms with Crippen molar-refractivity contribution >= 4 is 17.8 Å². The lowest BCUT2D eigenvalue weighted by Crippen LogP contribution is -2.62. The molecule has 0 aromatic heterocycles. The standard InChI is InChI=1S/C27H38N4O4/c1-35-23-8-5-19(6-9-23)7-10-25(32)28-22-11-13-29(14-12-22)27(34)30-16-20-15-21(18-30)24-3-2-4-26(33)31(24)17-20/h5-6,8-9,20-22,24H,2-4,7,10-18H2,1H3,(H,28,32)/t20-,21-,24-/m1/s1. The smallest absolute Gasteiger partial charge is 0.320 e. The Morgan fingerprint density at radius 1 is 1.03 bits per heavy atom. The second-order valence-corrected chi connectivity index (χ2v) is 10.7. The second-order valence-electron chi connectivity index (χ2n) is 10.7. The predicted octanol–water partition coefficient (Wildman–Crippen LogP) is 2.66. The Morgan fingerprint density at radius 2 is 1.80 bits per heavy atom. The molecule has 0 aliphatic carbocycles. The molecule has 190 valence electrons. The number of nitrogens with one attached hydrogen (secondary N) is 1. The van der Waals surface area contributed by atoms with E-state index in [0.29, 0.717) is 56.1 Å². The van der Waals surface area contributed by atoms with Crippen molar-refractivity contribution in [2.45, 2.75) is 63.5 Å². The van der Waals surface area contributed by atoms with Gasteiger partial charge in [0.2, 0.25) is 11.8 Å². The highest BCUT2D eigenvalue weighted by molar-refractivity contribution is 5.78. The largest absolute Gasteiger partial charge is 0.497 e. The molecule has 5 rings (SSSR count). The molecule has 1 aromatic carbocycles. The van der Waals surface area contributed by atoms with Gasteiger partial charge in [0.15, 0.2) is 0 Å². The quantitative estimate of drug-likeness (QED) is 0.700. The molecule has 4 saturated heterocycles. The number of ether oxygens (including phenoxy) is 1. The van der Waals surface area contributed by atoms with Crippen LogP contribution >= 0.6 is 0 Å². The van der Waals surface area contributed by atoms with Crippen molar-refractivity contribution in [2.24, 2.45) is 11.8 Å². The van der Waals surface area contributed by atoms with Gasteiger partial charge in [-0.05, 0) is 68.1 Å². The molecule has 4 amide bonds. The van der Waals surface area contributed by atoms with Gasteiger partial charge in [0.05, 0.1) is 7.11 Å². The Kier molecular flexibility index (Phi) is 7.16. The molecule has 4 heterocycles. The van der Waals surface area contributed by atoms with Crippen molar-refractivity contribution < 1.29 is 19.1 Å². The number of carbonyl (C=O) groups is 3. The van der Waals surface area contributed by atoms with Crippen LogP contribution in [0.3, 0.4) is 0 Å². The van der Waals surface area contributed by atoms with Gasteiger partial charge in [-0.2, -0.15) is 0 Å². The van der Waals surface area contributed by atoms with Crippen molar-refractivity contribution in [3.63, 3.8) is 0 Å². The fraction of sp³-hybridized carbons (Fsp3) is 0.667. The zero-order chi connectivity index (χ0) is 24.4. The Bertz CT molecular complexity index is 928. The van der Waals surface area contributed by atoms with E-state index in [-0.39, 0.29) is 18.0 Å². The molecular weight excluding hydrogens is 444 g/mol. The maximum atomic E-state index is 13.3. The zero-order valence-electron chi connectivity index (χ0n) is 20.8. The van der Waals surface area contributed by atoms with Crippen LogP contribution in [0, 0.1) is 11.8 Å². The van der Waals surface area contributed by atoms with E-state index in [1.54, 1.807) is 7.11 Å². The van der Waals surface area contributed by atoms with E-state index in [0.717, 1.165) is 63.1 Å². The summed E-state index contributed by atoms with van der Waals surface area (Å²) in [6, 6.07) is 8.41. The summed E-state index contributed by atoms with van der Waals surface area (Å²) in [4.78, 5) is 44.3. The predicted molar refractivity (Wildman–Crippen MR) is 132 cm³/mol. The number of amides is 4. The second kappa shape index (κ2) is 10.5. The molecule has 0 radical (unpaired) electrons. The number of carbonyl (C=O) groups excluding carboxylic acids is 3. The molecule has 8 nitrogen and oxygen atoms in total. The van der Waals surface area contributed by atoms with E-state index >= 15 is 0 Å². The van der Waals surface area contributed by atoms with Gasteiger partial charge in [0.25, 0.3) is 0 Å². The van der Waals surface area contributed by atoms with E-state index in [4.69, 9.17) is 4.74 Å². The molecule has 1 N–H and O–H groups in total. The number of hydrogen-bond acceptors (Lipinski definition) is 4. The third kappa shape index (κ3) is 5.41. The number of likely N-dealkylation sites (tertiary alicyclic amines) is 2. The van der Waals surface area contributed by atoms with E-state index in [1.807, 2.05) is 34.1 Å². The van der Waals surface area contributed by atoms with Crippen LogP contribution in [0.1, 0.15) is 50.5 Å². The van der Waals surface area contributed by atoms with Crippen molar-refractivity contribution in [1.82, 2.24) is 20.0 Å². The van der Waals surface area contributed by atoms with E-state index in [1.165, 1.54) is 0 Å². The molecule has 0 unspecified atom stereocenters. The van der Waals surface area contributed by atoms with Gasteiger partial charge in [0, 0.05) is 57.6 Å². The number of rotatable bonds is 5. The van der Waals surface area contributed by atoms with Crippen LogP contribution in [0.25, 0.3) is 0 Å². The van der Waals surface area contributed by atoms with Crippen molar-refractivity contribution in [2.75, 3.05) is 39.8 Å². The summed E-state index contributed by atoms with van der Waals surface area (Å²) in [7, 11) is 1.64. The summed E-state index contributed by atoms with van der Waals surface area (Å²) in [5, 5.41) is 3.17. The van der Waals surface area contributed by atoms with Gasteiger partial charge in [0.1, 0.15) is 5.75 Å². The Hall–Kier alpha value is -2.77. The van der Waals surface area contributed by atoms with Crippen LogP contribution in [-0.2, 0) is 16.0 Å². The molecule has 4 aliphatic rings. The number of piperidine rings is 4. The third-order valence-electron chi connectivity index (χ3n) is 8.38. The third-order valence-corrected chi connectivity index (χ3v) is 8.38. The van der Waals surface area contributed by atoms with E-state index < -0.39 is 0 Å². The first-order valence-electron chi connectivity index (χ1n) is 13.3. The number of nitrogens with zero attached hydrogens (tertiary/aromatic N) is 3. The van der Waals surface area contributed by atoms with Crippen LogP contribution in [-0.4, -0.2) is 84.5 Å². The first-order valence-corrected chi connectivity index (χ1v) is 13.3. The Labute approximate surface area is 207 Å². The minimum atomic E-state index is 0.0704. The van der Waals surface area contributed by atoms with Gasteiger partial charge in [-0.3, -0.25) is 9.59 Å². The van der Waals surface area contributed by atoms with Crippen molar-refractivity contribution in [1.29, 1.82) is 0 Å². The minimum absolute atomic E-state index is 0.0704. The van der Waals surface area contributed by atoms with Gasteiger partial charge < -0.3 is 24.8 Å². The highest BCUT2D eigenvalue weighted by Crippen LogP contribution is 2.38. The number of benzene rings is 1. The maximum Gasteiger partial charge on any atom is 0.320 e. The molecule has 3 atom stereocenters. The molecule has 1 aromatic rings. The summed E-state index contributed by atoms with van der Waals surface area (Å²) in [6.07, 6.45) is 6.64. The van der Waals surface area contributed by atoms with E-state index in [9.17, 15) is 14.4 Å². The summed E-state index contributed by atoms with van der Waals surface area (Å²) in [6.45, 7) is 3.71. The molecule has 2 bridgehead atoms. The fourth-order valence-corrected chi connectivity index (χ4v) is 6.53. The molecule has 35 heavy (non-hydrogen) atoms. The van der Waals surface area contributed by atoms with Crippen LogP contribution in [0.4, 0.5) is 4.79 Å². The average Bonchev–Trinajstić information content (AvgIpc) is 2.88.